The molecule has 2 aromatic carbocycles. The van der Waals surface area contributed by atoms with Crippen molar-refractivity contribution in [3.05, 3.63) is 59.7 Å². The van der Waals surface area contributed by atoms with Gasteiger partial charge in [-0.15, -0.1) is 0 Å². The van der Waals surface area contributed by atoms with E-state index in [0.29, 0.717) is 6.54 Å². The minimum atomic E-state index is -3.80. The minimum Gasteiger partial charge on any atom is -0.452 e. The highest BCUT2D eigenvalue weighted by atomic mass is 32.2. The maximum atomic E-state index is 13.1. The number of nitrogens with zero attached hydrogens (tertiary/aromatic N) is 2. The predicted octanol–water partition coefficient (Wildman–Crippen LogP) is 2.62. The van der Waals surface area contributed by atoms with E-state index in [2.05, 4.69) is 0 Å². The van der Waals surface area contributed by atoms with Crippen LogP contribution < -0.4 is 4.90 Å². The lowest BCUT2D eigenvalue weighted by Gasteiger charge is -2.34. The largest absolute Gasteiger partial charge is 0.452 e. The number of anilines is 1. The number of esters is 1. The fraction of sp³-hybridized carbons (Fsp3) is 0.417. The van der Waals surface area contributed by atoms with E-state index < -0.39 is 22.6 Å². The Kier molecular flexibility index (Phi) is 6.83. The molecule has 4 rings (SSSR count). The average molecular weight is 473 g/mol. The first kappa shape index (κ1) is 23.4. The monoisotopic (exact) mass is 472 g/mol. The zero-order chi connectivity index (χ0) is 23.6. The molecule has 1 saturated heterocycles. The van der Waals surface area contributed by atoms with E-state index in [4.69, 9.17) is 9.47 Å². The van der Waals surface area contributed by atoms with Crippen molar-refractivity contribution in [1.82, 2.24) is 4.31 Å². The first-order chi connectivity index (χ1) is 15.8. The average Bonchev–Trinajstić information content (AvgIpc) is 2.81. The van der Waals surface area contributed by atoms with Crippen molar-refractivity contribution in [2.75, 3.05) is 31.1 Å². The second-order valence-electron chi connectivity index (χ2n) is 8.46. The van der Waals surface area contributed by atoms with Gasteiger partial charge in [0.2, 0.25) is 10.0 Å². The third kappa shape index (κ3) is 5.10. The number of aryl methyl sites for hydroxylation is 1. The zero-order valence-corrected chi connectivity index (χ0v) is 19.6. The first-order valence-electron chi connectivity index (χ1n) is 11.1. The second kappa shape index (κ2) is 9.62. The summed E-state index contributed by atoms with van der Waals surface area (Å²) in [5.41, 5.74) is 2.01. The summed E-state index contributed by atoms with van der Waals surface area (Å²) in [4.78, 5) is 27.0. The van der Waals surface area contributed by atoms with Gasteiger partial charge in [0, 0.05) is 25.3 Å². The highest BCUT2D eigenvalue weighted by Crippen LogP contribution is 2.27. The van der Waals surface area contributed by atoms with Crippen LogP contribution in [0.1, 0.15) is 36.2 Å². The number of morpholine rings is 1. The molecule has 0 saturated carbocycles. The summed E-state index contributed by atoms with van der Waals surface area (Å²) in [6.45, 7) is 4.29. The van der Waals surface area contributed by atoms with E-state index in [1.807, 2.05) is 38.1 Å². The standard InChI is InChI=1S/C24H28N2O6S/c1-17-14-25(15-18(2)32-17)33(29,30)21-10-5-8-20(13-21)24(28)31-16-23(27)26-12-6-9-19-7-3-4-11-22(19)26/h3-5,7-8,10-11,13,17-18H,6,9,12,14-16H2,1-2H3. The highest BCUT2D eigenvalue weighted by Gasteiger charge is 2.32. The van der Waals surface area contributed by atoms with Crippen LogP contribution in [0.5, 0.6) is 0 Å². The molecule has 0 radical (unpaired) electrons. The summed E-state index contributed by atoms with van der Waals surface area (Å²) in [7, 11) is -3.80. The topological polar surface area (TPSA) is 93.2 Å². The normalized spacial score (nSPS) is 21.3. The number of fused-ring (bicyclic) bond motifs is 1. The summed E-state index contributed by atoms with van der Waals surface area (Å²) in [5, 5.41) is 0. The van der Waals surface area contributed by atoms with E-state index in [1.165, 1.54) is 28.6 Å². The van der Waals surface area contributed by atoms with Gasteiger partial charge in [-0.25, -0.2) is 13.2 Å². The molecular weight excluding hydrogens is 444 g/mol. The Morgan fingerprint density at radius 1 is 1.06 bits per heavy atom. The molecule has 176 valence electrons. The van der Waals surface area contributed by atoms with Crippen LogP contribution in [0, 0.1) is 0 Å². The van der Waals surface area contributed by atoms with Gasteiger partial charge in [-0.2, -0.15) is 4.31 Å². The van der Waals surface area contributed by atoms with E-state index in [0.717, 1.165) is 24.1 Å². The lowest BCUT2D eigenvalue weighted by atomic mass is 10.0. The van der Waals surface area contributed by atoms with Gasteiger partial charge >= 0.3 is 5.97 Å². The Hall–Kier alpha value is -2.75. The van der Waals surface area contributed by atoms with Crippen molar-refractivity contribution < 1.29 is 27.5 Å². The Morgan fingerprint density at radius 2 is 1.79 bits per heavy atom. The number of para-hydroxylation sites is 1. The molecule has 2 heterocycles. The molecule has 1 amide bonds. The van der Waals surface area contributed by atoms with Crippen LogP contribution in [0.4, 0.5) is 5.69 Å². The quantitative estimate of drug-likeness (QED) is 0.621. The maximum absolute atomic E-state index is 13.1. The van der Waals surface area contributed by atoms with Crippen molar-refractivity contribution in [3.63, 3.8) is 0 Å². The van der Waals surface area contributed by atoms with Crippen LogP contribution in [0.3, 0.4) is 0 Å². The molecule has 8 nitrogen and oxygen atoms in total. The number of carbonyl (C=O) groups is 2. The molecule has 2 aliphatic heterocycles. The van der Waals surface area contributed by atoms with Crippen LogP contribution in [0.2, 0.25) is 0 Å². The number of amides is 1. The Labute approximate surface area is 194 Å². The second-order valence-corrected chi connectivity index (χ2v) is 10.4. The van der Waals surface area contributed by atoms with Crippen LogP contribution in [0.25, 0.3) is 0 Å². The minimum absolute atomic E-state index is 0.00883. The summed E-state index contributed by atoms with van der Waals surface area (Å²) >= 11 is 0. The Balaban J connectivity index is 1.44. The van der Waals surface area contributed by atoms with Crippen molar-refractivity contribution in [3.8, 4) is 0 Å². The molecule has 0 spiro atoms. The molecule has 0 N–H and O–H groups in total. The molecule has 0 bridgehead atoms. The van der Waals surface area contributed by atoms with Gasteiger partial charge in [-0.3, -0.25) is 4.79 Å². The molecule has 2 aromatic rings. The van der Waals surface area contributed by atoms with E-state index >= 15 is 0 Å². The zero-order valence-electron chi connectivity index (χ0n) is 18.8. The molecule has 33 heavy (non-hydrogen) atoms. The van der Waals surface area contributed by atoms with Crippen LogP contribution in [-0.4, -0.2) is 63.0 Å². The fourth-order valence-corrected chi connectivity index (χ4v) is 5.98. The van der Waals surface area contributed by atoms with Crippen molar-refractivity contribution in [2.45, 2.75) is 43.8 Å². The number of hydrogen-bond donors (Lipinski definition) is 0. The molecule has 2 atom stereocenters. The van der Waals surface area contributed by atoms with Gasteiger partial charge in [0.05, 0.1) is 22.7 Å². The number of sulfonamides is 1. The summed E-state index contributed by atoms with van der Waals surface area (Å²) in [6.07, 6.45) is 1.31. The molecule has 0 aromatic heterocycles. The Morgan fingerprint density at radius 3 is 2.55 bits per heavy atom. The first-order valence-corrected chi connectivity index (χ1v) is 12.5. The van der Waals surface area contributed by atoms with Gasteiger partial charge in [0.15, 0.2) is 6.61 Å². The van der Waals surface area contributed by atoms with Gasteiger partial charge in [0.1, 0.15) is 0 Å². The number of benzene rings is 2. The molecule has 2 aliphatic rings. The predicted molar refractivity (Wildman–Crippen MR) is 123 cm³/mol. The number of rotatable bonds is 5. The van der Waals surface area contributed by atoms with Crippen molar-refractivity contribution in [2.24, 2.45) is 0 Å². The van der Waals surface area contributed by atoms with Crippen molar-refractivity contribution >= 4 is 27.6 Å². The van der Waals surface area contributed by atoms with E-state index in [-0.39, 0.29) is 41.7 Å². The van der Waals surface area contributed by atoms with E-state index in [1.54, 1.807) is 4.90 Å². The van der Waals surface area contributed by atoms with Crippen LogP contribution in [-0.2, 0) is 30.7 Å². The molecule has 0 aliphatic carbocycles. The fourth-order valence-electron chi connectivity index (χ4n) is 4.34. The summed E-state index contributed by atoms with van der Waals surface area (Å²) < 4.78 is 38.4. The summed E-state index contributed by atoms with van der Waals surface area (Å²) in [5.74, 6) is -1.05. The number of carbonyl (C=O) groups excluding carboxylic acids is 2. The molecular formula is C24H28N2O6S. The van der Waals surface area contributed by atoms with Crippen LogP contribution in [0.15, 0.2) is 53.4 Å². The highest BCUT2D eigenvalue weighted by molar-refractivity contribution is 7.89. The SMILES string of the molecule is CC1CN(S(=O)(=O)c2cccc(C(=O)OCC(=O)N3CCCc4ccccc43)c2)CC(C)O1. The maximum Gasteiger partial charge on any atom is 0.338 e. The van der Waals surface area contributed by atoms with Gasteiger partial charge in [-0.1, -0.05) is 24.3 Å². The third-order valence-corrected chi connectivity index (χ3v) is 7.66. The lowest BCUT2D eigenvalue weighted by Crippen LogP contribution is -2.48. The van der Waals surface area contributed by atoms with Gasteiger partial charge < -0.3 is 14.4 Å². The van der Waals surface area contributed by atoms with Crippen LogP contribution >= 0.6 is 0 Å². The van der Waals surface area contributed by atoms with Crippen molar-refractivity contribution in [1.29, 1.82) is 0 Å². The van der Waals surface area contributed by atoms with E-state index in [9.17, 15) is 18.0 Å². The smallest absolute Gasteiger partial charge is 0.338 e. The molecule has 2 unspecified atom stereocenters. The molecule has 1 fully saturated rings. The van der Waals surface area contributed by atoms with Gasteiger partial charge in [0.25, 0.3) is 5.91 Å². The number of hydrogen-bond acceptors (Lipinski definition) is 6. The van der Waals surface area contributed by atoms with Gasteiger partial charge in [-0.05, 0) is 56.5 Å². The number of ether oxygens (including phenoxy) is 2. The third-order valence-electron chi connectivity index (χ3n) is 5.83. The Bertz CT molecular complexity index is 1140. The summed E-state index contributed by atoms with van der Waals surface area (Å²) in [6, 6.07) is 13.4. The lowest BCUT2D eigenvalue weighted by molar-refractivity contribution is -0.121. The molecule has 9 heteroatoms.